The van der Waals surface area contributed by atoms with Crippen molar-refractivity contribution >= 4 is 29.4 Å². The van der Waals surface area contributed by atoms with Crippen molar-refractivity contribution < 1.29 is 25.2 Å². The molecule has 127 valence electrons. The summed E-state index contributed by atoms with van der Waals surface area (Å²) in [5.41, 5.74) is 4.15. The third-order valence-corrected chi connectivity index (χ3v) is 4.27. The molecule has 1 aromatic rings. The number of nitrogens with zero attached hydrogens (tertiary/aromatic N) is 2. The second-order valence-corrected chi connectivity index (χ2v) is 6.18. The fraction of sp³-hybridized carbons (Fsp3) is 0.0500. The first-order valence-electron chi connectivity index (χ1n) is 8.09. The van der Waals surface area contributed by atoms with Crippen molar-refractivity contribution in [1.29, 1.82) is 0 Å². The molecule has 0 amide bonds. The third kappa shape index (κ3) is 3.17. The number of allylic oxidation sites excluding steroid dienone is 6. The Morgan fingerprint density at radius 1 is 0.808 bits per heavy atom. The number of hydrogen-bond donors (Lipinski definition) is 2. The summed E-state index contributed by atoms with van der Waals surface area (Å²) < 4.78 is 0. The largest absolute Gasteiger partial charge is 0.372 e. The molecule has 4 aliphatic rings. The predicted molar refractivity (Wildman–Crippen MR) is 98.3 cm³/mol. The minimum absolute atomic E-state index is 0. The number of aromatic nitrogens is 1. The van der Waals surface area contributed by atoms with Crippen LogP contribution in [0.15, 0.2) is 81.7 Å². The normalized spacial score (nSPS) is 22.2. The summed E-state index contributed by atoms with van der Waals surface area (Å²) in [7, 11) is 0. The van der Waals surface area contributed by atoms with Crippen LogP contribution in [0.3, 0.4) is 0 Å². The summed E-state index contributed by atoms with van der Waals surface area (Å²) in [6, 6.07) is 3.59. The minimum Gasteiger partial charge on any atom is -0.372 e. The summed E-state index contributed by atoms with van der Waals surface area (Å²) in [5, 5.41) is 5.12. The van der Waals surface area contributed by atoms with Crippen molar-refractivity contribution in [3.8, 4) is 0 Å². The zero-order valence-corrected chi connectivity index (χ0v) is 16.3. The van der Waals surface area contributed by atoms with Crippen LogP contribution < -0.4 is 16.0 Å². The first-order valence-corrected chi connectivity index (χ1v) is 8.09. The fourth-order valence-corrected chi connectivity index (χ4v) is 3.11. The van der Waals surface area contributed by atoms with Gasteiger partial charge in [-0.05, 0) is 60.7 Å². The maximum absolute atomic E-state index is 12.2. The van der Waals surface area contributed by atoms with E-state index in [1.54, 1.807) is 6.08 Å². The zero-order valence-electron chi connectivity index (χ0n) is 13.6. The molecule has 0 spiro atoms. The second kappa shape index (κ2) is 6.49. The number of carbonyl (C=O) groups is 1. The molecule has 2 N–H and O–H groups in total. The number of aromatic amines is 1. The average Bonchev–Trinajstić information content (AvgIpc) is 3.33. The van der Waals surface area contributed by atoms with Gasteiger partial charge in [0.25, 0.3) is 0 Å². The molecule has 1 atom stereocenters. The smallest absolute Gasteiger partial charge is 0.183 e. The van der Waals surface area contributed by atoms with Crippen LogP contribution in [-0.4, -0.2) is 28.2 Å². The van der Waals surface area contributed by atoms with Gasteiger partial charge in [0, 0.05) is 42.9 Å². The van der Waals surface area contributed by atoms with E-state index in [9.17, 15) is 4.79 Å². The van der Waals surface area contributed by atoms with E-state index >= 15 is 0 Å². The predicted octanol–water partition coefficient (Wildman–Crippen LogP) is 0.801. The zero-order chi connectivity index (χ0) is 16.8. The second-order valence-electron chi connectivity index (χ2n) is 6.18. The standard InChI is InChI=1S/C20H14N4O.Re/c25-20-11-18-9-16-4-3-14(22-16)7-12-1-2-13(21-12)8-15-5-6-17(23-15)10-19(20)24-18;/h1-11,19,22,24H;. The first-order chi connectivity index (χ1) is 12.2. The molecular formula is C20H14N4ORe. The molecule has 4 aliphatic heterocycles. The van der Waals surface area contributed by atoms with E-state index in [0.717, 1.165) is 39.2 Å². The van der Waals surface area contributed by atoms with Gasteiger partial charge in [0.2, 0.25) is 0 Å². The molecule has 5 nitrogen and oxygen atoms in total. The number of hydrogen-bond acceptors (Lipinski definition) is 4. The summed E-state index contributed by atoms with van der Waals surface area (Å²) in [4.78, 5) is 24.7. The third-order valence-electron chi connectivity index (χ3n) is 4.27. The summed E-state index contributed by atoms with van der Waals surface area (Å²) in [5.74, 6) is 0.0318. The molecule has 1 radical (unpaired) electrons. The van der Waals surface area contributed by atoms with Gasteiger partial charge in [-0.1, -0.05) is 0 Å². The Bertz CT molecular complexity index is 1140. The van der Waals surface area contributed by atoms with E-state index in [2.05, 4.69) is 20.3 Å². The van der Waals surface area contributed by atoms with Crippen molar-refractivity contribution in [3.63, 3.8) is 0 Å². The van der Waals surface area contributed by atoms with E-state index in [1.807, 2.05) is 60.7 Å². The topological polar surface area (TPSA) is 69.6 Å². The van der Waals surface area contributed by atoms with Gasteiger partial charge in [-0.2, -0.15) is 0 Å². The summed E-state index contributed by atoms with van der Waals surface area (Å²) in [6.07, 6.45) is 17.1. The monoisotopic (exact) mass is 513 g/mol. The Morgan fingerprint density at radius 3 is 2.35 bits per heavy atom. The SMILES string of the molecule is O=C1C=C2C=c3ccc([nH]3)=CC3=NC(=CC4=NC(=CC1N2)C=C4)C=C3.[Re]. The number of carbonyl (C=O) groups excluding carboxylic acids is 1. The number of nitrogens with one attached hydrogen (secondary N) is 2. The number of rotatable bonds is 0. The summed E-state index contributed by atoms with van der Waals surface area (Å²) >= 11 is 0. The van der Waals surface area contributed by atoms with Gasteiger partial charge >= 0.3 is 0 Å². The van der Waals surface area contributed by atoms with E-state index in [0.29, 0.717) is 0 Å². The van der Waals surface area contributed by atoms with Gasteiger partial charge in [0.05, 0.1) is 22.8 Å². The number of ketones is 1. The van der Waals surface area contributed by atoms with Crippen LogP contribution in [0.1, 0.15) is 0 Å². The Labute approximate surface area is 163 Å². The number of aliphatic imine (C=N–C) groups is 2. The molecular weight excluding hydrogens is 498 g/mol. The average molecular weight is 513 g/mol. The van der Waals surface area contributed by atoms with E-state index in [1.165, 1.54) is 0 Å². The minimum atomic E-state index is -0.383. The van der Waals surface area contributed by atoms with Crippen molar-refractivity contribution in [2.75, 3.05) is 0 Å². The van der Waals surface area contributed by atoms with Crippen molar-refractivity contribution in [1.82, 2.24) is 10.3 Å². The molecule has 0 saturated carbocycles. The fourth-order valence-electron chi connectivity index (χ4n) is 3.11. The van der Waals surface area contributed by atoms with Crippen LogP contribution in [0.5, 0.6) is 0 Å². The Kier molecular flexibility index (Phi) is 4.16. The molecule has 26 heavy (non-hydrogen) atoms. The van der Waals surface area contributed by atoms with Gasteiger partial charge in [0.15, 0.2) is 5.78 Å². The van der Waals surface area contributed by atoms with Crippen LogP contribution in [-0.2, 0) is 25.2 Å². The Hall–Kier alpha value is -2.81. The Morgan fingerprint density at radius 2 is 1.50 bits per heavy atom. The van der Waals surface area contributed by atoms with E-state index < -0.39 is 0 Å². The molecule has 1 unspecified atom stereocenters. The Balaban J connectivity index is 0.00000168. The van der Waals surface area contributed by atoms with Crippen molar-refractivity contribution in [3.05, 3.63) is 82.5 Å². The quantitative estimate of drug-likeness (QED) is 0.540. The number of H-pyrrole nitrogens is 1. The first kappa shape index (κ1) is 16.6. The van der Waals surface area contributed by atoms with Crippen LogP contribution in [0.25, 0.3) is 12.2 Å². The van der Waals surface area contributed by atoms with Gasteiger partial charge in [-0.3, -0.25) is 4.79 Å². The van der Waals surface area contributed by atoms with Crippen LogP contribution in [0.2, 0.25) is 0 Å². The van der Waals surface area contributed by atoms with Crippen molar-refractivity contribution in [2.24, 2.45) is 9.98 Å². The molecule has 8 bridgehead atoms. The maximum atomic E-state index is 12.2. The van der Waals surface area contributed by atoms with Crippen molar-refractivity contribution in [2.45, 2.75) is 6.04 Å². The van der Waals surface area contributed by atoms with E-state index in [-0.39, 0.29) is 32.2 Å². The molecule has 0 fully saturated rings. The van der Waals surface area contributed by atoms with Gasteiger partial charge in [0.1, 0.15) is 6.04 Å². The molecule has 5 rings (SSSR count). The van der Waals surface area contributed by atoms with Crippen LogP contribution in [0.4, 0.5) is 0 Å². The maximum Gasteiger partial charge on any atom is 0.183 e. The molecule has 5 heterocycles. The molecule has 1 aromatic heterocycles. The molecule has 0 saturated heterocycles. The van der Waals surface area contributed by atoms with Crippen LogP contribution >= 0.6 is 0 Å². The van der Waals surface area contributed by atoms with Gasteiger partial charge < -0.3 is 10.3 Å². The van der Waals surface area contributed by atoms with Crippen LogP contribution in [0, 0.1) is 0 Å². The van der Waals surface area contributed by atoms with Gasteiger partial charge in [-0.15, -0.1) is 0 Å². The summed E-state index contributed by atoms with van der Waals surface area (Å²) in [6.45, 7) is 0. The molecule has 6 heteroatoms. The molecule has 0 aliphatic carbocycles. The van der Waals surface area contributed by atoms with Gasteiger partial charge in [-0.25, -0.2) is 9.98 Å². The number of fused-ring (bicyclic) bond motifs is 6. The van der Waals surface area contributed by atoms with E-state index in [4.69, 9.17) is 0 Å². The molecule has 0 aromatic carbocycles.